The lowest BCUT2D eigenvalue weighted by Gasteiger charge is -2.38. The Morgan fingerprint density at radius 3 is 2.67 bits per heavy atom. The number of aromatic carboxylic acids is 1. The average Bonchev–Trinajstić information content (AvgIpc) is 3.05. The molecule has 1 heterocycles. The first kappa shape index (κ1) is 14.9. The van der Waals surface area contributed by atoms with Crippen LogP contribution in [0, 0.1) is 18.7 Å². The number of fused-ring (bicyclic) bond motifs is 3. The van der Waals surface area contributed by atoms with E-state index in [1.54, 1.807) is 25.1 Å². The van der Waals surface area contributed by atoms with E-state index in [-0.39, 0.29) is 23.3 Å². The number of halogens is 1. The molecular weight excluding hydrogens is 305 g/mol. The highest BCUT2D eigenvalue weighted by molar-refractivity contribution is 5.90. The summed E-state index contributed by atoms with van der Waals surface area (Å²) in [5.74, 6) is -0.840. The Kier molecular flexibility index (Phi) is 3.41. The molecule has 4 rings (SSSR count). The number of anilines is 1. The van der Waals surface area contributed by atoms with Crippen molar-refractivity contribution < 1.29 is 14.3 Å². The maximum Gasteiger partial charge on any atom is 0.123 e. The second-order valence-corrected chi connectivity index (χ2v) is 6.52. The molecule has 3 atom stereocenters. The van der Waals surface area contributed by atoms with Crippen molar-refractivity contribution in [2.24, 2.45) is 5.92 Å². The molecule has 3 unspecified atom stereocenters. The molecule has 0 radical (unpaired) electrons. The Morgan fingerprint density at radius 2 is 1.96 bits per heavy atom. The Bertz CT molecular complexity index is 841. The van der Waals surface area contributed by atoms with Crippen molar-refractivity contribution in [1.29, 1.82) is 0 Å². The van der Waals surface area contributed by atoms with E-state index in [2.05, 4.69) is 17.5 Å². The molecule has 0 aromatic heterocycles. The first-order valence-electron chi connectivity index (χ1n) is 8.10. The minimum Gasteiger partial charge on any atom is -0.545 e. The lowest BCUT2D eigenvalue weighted by molar-refractivity contribution is -0.255. The molecule has 0 saturated heterocycles. The van der Waals surface area contributed by atoms with Crippen molar-refractivity contribution in [3.8, 4) is 0 Å². The Balaban J connectivity index is 1.83. The first-order chi connectivity index (χ1) is 11.6. The molecule has 1 aliphatic heterocycles. The summed E-state index contributed by atoms with van der Waals surface area (Å²) < 4.78 is 13.3. The molecule has 2 aromatic rings. The minimum absolute atomic E-state index is 0.0220. The minimum atomic E-state index is -1.17. The van der Waals surface area contributed by atoms with Crippen LogP contribution in [-0.2, 0) is 0 Å². The van der Waals surface area contributed by atoms with E-state index in [1.165, 1.54) is 12.1 Å². The average molecular weight is 322 g/mol. The number of carboxylic acids is 1. The summed E-state index contributed by atoms with van der Waals surface area (Å²) in [5.41, 5.74) is 3.89. The predicted octanol–water partition coefficient (Wildman–Crippen LogP) is 3.32. The standard InChI is InChI=1S/C20H18FNO2/c1-11-14(20(23)24)9-10-17-15-3-2-4-16(15)19(22-18(11)17)12-5-7-13(21)8-6-12/h2-3,5-10,15-16,19,22H,4H2,1H3,(H,23,24)/p-1. The van der Waals surface area contributed by atoms with Crippen LogP contribution in [0.2, 0.25) is 0 Å². The maximum atomic E-state index is 13.3. The summed E-state index contributed by atoms with van der Waals surface area (Å²) in [6, 6.07) is 10.1. The molecule has 3 nitrogen and oxygen atoms in total. The molecule has 24 heavy (non-hydrogen) atoms. The van der Waals surface area contributed by atoms with E-state index in [1.807, 2.05) is 6.07 Å². The number of hydrogen-bond donors (Lipinski definition) is 1. The van der Waals surface area contributed by atoms with Gasteiger partial charge in [-0.25, -0.2) is 4.39 Å². The van der Waals surface area contributed by atoms with Gasteiger partial charge in [-0.15, -0.1) is 0 Å². The van der Waals surface area contributed by atoms with E-state index >= 15 is 0 Å². The zero-order valence-electron chi connectivity index (χ0n) is 13.3. The molecule has 1 N–H and O–H groups in total. The van der Waals surface area contributed by atoms with Crippen LogP contribution in [0.15, 0.2) is 48.6 Å². The van der Waals surface area contributed by atoms with Crippen LogP contribution in [0.25, 0.3) is 0 Å². The topological polar surface area (TPSA) is 52.2 Å². The number of carbonyl (C=O) groups excluding carboxylic acids is 1. The summed E-state index contributed by atoms with van der Waals surface area (Å²) in [4.78, 5) is 11.3. The van der Waals surface area contributed by atoms with Crippen LogP contribution >= 0.6 is 0 Å². The van der Waals surface area contributed by atoms with Gasteiger partial charge >= 0.3 is 0 Å². The van der Waals surface area contributed by atoms with Gasteiger partial charge in [0, 0.05) is 17.2 Å². The zero-order valence-corrected chi connectivity index (χ0v) is 13.3. The first-order valence-corrected chi connectivity index (χ1v) is 8.10. The molecule has 4 heteroatoms. The van der Waals surface area contributed by atoms with Crippen molar-refractivity contribution in [1.82, 2.24) is 0 Å². The second-order valence-electron chi connectivity index (χ2n) is 6.52. The van der Waals surface area contributed by atoms with Crippen LogP contribution in [0.4, 0.5) is 10.1 Å². The van der Waals surface area contributed by atoms with Crippen LogP contribution in [0.1, 0.15) is 45.4 Å². The maximum absolute atomic E-state index is 13.3. The van der Waals surface area contributed by atoms with Crippen molar-refractivity contribution in [2.45, 2.75) is 25.3 Å². The molecule has 0 fully saturated rings. The van der Waals surface area contributed by atoms with E-state index in [9.17, 15) is 14.3 Å². The van der Waals surface area contributed by atoms with Gasteiger partial charge in [0.2, 0.25) is 0 Å². The van der Waals surface area contributed by atoms with Gasteiger partial charge in [-0.2, -0.15) is 0 Å². The third-order valence-electron chi connectivity index (χ3n) is 5.25. The van der Waals surface area contributed by atoms with Gasteiger partial charge in [0.05, 0.1) is 12.0 Å². The van der Waals surface area contributed by atoms with E-state index in [0.29, 0.717) is 11.5 Å². The highest BCUT2D eigenvalue weighted by atomic mass is 19.1. The summed E-state index contributed by atoms with van der Waals surface area (Å²) in [6.45, 7) is 1.80. The summed E-state index contributed by atoms with van der Waals surface area (Å²) in [7, 11) is 0. The molecule has 122 valence electrons. The van der Waals surface area contributed by atoms with E-state index < -0.39 is 5.97 Å². The van der Waals surface area contributed by atoms with Gasteiger partial charge in [0.15, 0.2) is 0 Å². The van der Waals surface area contributed by atoms with Gasteiger partial charge in [0.25, 0.3) is 0 Å². The molecule has 0 spiro atoms. The van der Waals surface area contributed by atoms with Crippen molar-refractivity contribution in [3.63, 3.8) is 0 Å². The molecular formula is C20H17FNO2-. The molecule has 2 aromatic carbocycles. The zero-order chi connectivity index (χ0) is 16.8. The molecule has 2 aliphatic rings. The van der Waals surface area contributed by atoms with Gasteiger partial charge in [-0.1, -0.05) is 36.4 Å². The van der Waals surface area contributed by atoms with Gasteiger partial charge in [-0.3, -0.25) is 0 Å². The van der Waals surface area contributed by atoms with Crippen LogP contribution in [0.5, 0.6) is 0 Å². The predicted molar refractivity (Wildman–Crippen MR) is 88.3 cm³/mol. The molecule has 0 bridgehead atoms. The highest BCUT2D eigenvalue weighted by Crippen LogP contribution is 2.50. The largest absolute Gasteiger partial charge is 0.545 e. The quantitative estimate of drug-likeness (QED) is 0.863. The van der Waals surface area contributed by atoms with Crippen LogP contribution in [0.3, 0.4) is 0 Å². The Labute approximate surface area is 139 Å². The van der Waals surface area contributed by atoms with Crippen LogP contribution < -0.4 is 10.4 Å². The van der Waals surface area contributed by atoms with Gasteiger partial charge < -0.3 is 15.2 Å². The van der Waals surface area contributed by atoms with Crippen molar-refractivity contribution in [3.05, 3.63) is 76.6 Å². The second kappa shape index (κ2) is 5.48. The number of benzene rings is 2. The fraction of sp³-hybridized carbons (Fsp3) is 0.250. The molecule has 0 saturated carbocycles. The fourth-order valence-electron chi connectivity index (χ4n) is 4.04. The lowest BCUT2D eigenvalue weighted by atomic mass is 9.76. The Morgan fingerprint density at radius 1 is 1.21 bits per heavy atom. The van der Waals surface area contributed by atoms with E-state index in [4.69, 9.17) is 0 Å². The van der Waals surface area contributed by atoms with E-state index in [0.717, 1.165) is 23.2 Å². The van der Waals surface area contributed by atoms with Gasteiger partial charge in [0.1, 0.15) is 5.82 Å². The molecule has 1 aliphatic carbocycles. The van der Waals surface area contributed by atoms with Gasteiger partial charge in [-0.05, 0) is 48.1 Å². The third kappa shape index (κ3) is 2.21. The number of nitrogens with one attached hydrogen (secondary N) is 1. The summed E-state index contributed by atoms with van der Waals surface area (Å²) in [6.07, 6.45) is 5.31. The lowest BCUT2D eigenvalue weighted by Crippen LogP contribution is -2.31. The van der Waals surface area contributed by atoms with Crippen molar-refractivity contribution >= 4 is 11.7 Å². The smallest absolute Gasteiger partial charge is 0.123 e. The van der Waals surface area contributed by atoms with Crippen LogP contribution in [-0.4, -0.2) is 5.97 Å². The highest BCUT2D eigenvalue weighted by Gasteiger charge is 2.38. The monoisotopic (exact) mass is 322 g/mol. The SMILES string of the molecule is Cc1c(C(=O)[O-])ccc2c1NC(c1ccc(F)cc1)C1CC=CC21. The number of carboxylic acid groups (broad SMARTS) is 1. The van der Waals surface area contributed by atoms with Crippen molar-refractivity contribution in [2.75, 3.05) is 5.32 Å². The third-order valence-corrected chi connectivity index (χ3v) is 5.25. The normalized spacial score (nSPS) is 24.2. The fourth-order valence-corrected chi connectivity index (χ4v) is 4.04. The number of allylic oxidation sites excluding steroid dienone is 2. The number of hydrogen-bond acceptors (Lipinski definition) is 3. The summed E-state index contributed by atoms with van der Waals surface area (Å²) >= 11 is 0. The number of rotatable bonds is 2. The number of carbonyl (C=O) groups is 1. The summed E-state index contributed by atoms with van der Waals surface area (Å²) in [5, 5.41) is 14.8. The Hall–Kier alpha value is -2.62. The molecule has 0 amide bonds.